The summed E-state index contributed by atoms with van der Waals surface area (Å²) in [5.41, 5.74) is 4.71. The molecule has 0 radical (unpaired) electrons. The van der Waals surface area contributed by atoms with Gasteiger partial charge in [-0.15, -0.1) is 0 Å². The molecule has 0 bridgehead atoms. The number of ether oxygens (including phenoxy) is 2. The van der Waals surface area contributed by atoms with Crippen LogP contribution in [0.1, 0.15) is 25.0 Å². The number of anilines is 3. The minimum Gasteiger partial charge on any atom is -0.423 e. The number of urea groups is 1. The lowest BCUT2D eigenvalue weighted by atomic mass is 10.1. The Morgan fingerprint density at radius 2 is 1.75 bits per heavy atom. The number of aromatic nitrogens is 1. The van der Waals surface area contributed by atoms with Crippen LogP contribution < -0.4 is 15.5 Å². The molecule has 2 heterocycles. The number of amides is 2. The van der Waals surface area contributed by atoms with Gasteiger partial charge in [0.1, 0.15) is 0 Å². The van der Waals surface area contributed by atoms with E-state index in [1.54, 1.807) is 11.1 Å². The summed E-state index contributed by atoms with van der Waals surface area (Å²) in [4.78, 5) is 17.9. The highest BCUT2D eigenvalue weighted by molar-refractivity contribution is 5.94. The van der Waals surface area contributed by atoms with Crippen LogP contribution in [0.15, 0.2) is 53.1 Å². The molecule has 0 unspecified atom stereocenters. The number of nitrogens with one attached hydrogen (secondary N) is 2. The van der Waals surface area contributed by atoms with E-state index in [0.717, 1.165) is 28.1 Å². The average molecular weight is 437 g/mol. The SMILES string of the molecule is CCOCc1cc(COCC)cc(Nc2ncc(-c3ccc(N4CCNC4=O)cc3)o2)c1. The van der Waals surface area contributed by atoms with Crippen LogP contribution in [-0.4, -0.2) is 37.3 Å². The zero-order valence-corrected chi connectivity index (χ0v) is 18.4. The summed E-state index contributed by atoms with van der Waals surface area (Å²) in [7, 11) is 0. The molecule has 2 N–H and O–H groups in total. The molecule has 1 fully saturated rings. The standard InChI is InChI=1S/C24H28N4O4/c1-3-30-15-17-11-18(16-31-4-2)13-20(12-17)27-23-26-14-22(32-23)19-5-7-21(8-6-19)28-10-9-25-24(28)29/h5-8,11-14H,3-4,9-10,15-16H2,1-2H3,(H,25,29)(H,26,27). The zero-order valence-electron chi connectivity index (χ0n) is 18.4. The molecule has 4 rings (SSSR count). The fraction of sp³-hybridized carbons (Fsp3) is 0.333. The molecule has 32 heavy (non-hydrogen) atoms. The van der Waals surface area contributed by atoms with Crippen molar-refractivity contribution in [2.45, 2.75) is 27.1 Å². The van der Waals surface area contributed by atoms with Crippen molar-refractivity contribution < 1.29 is 18.7 Å². The van der Waals surface area contributed by atoms with Gasteiger partial charge >= 0.3 is 6.03 Å². The van der Waals surface area contributed by atoms with Crippen LogP contribution in [0.5, 0.6) is 0 Å². The fourth-order valence-electron chi connectivity index (χ4n) is 3.55. The van der Waals surface area contributed by atoms with E-state index in [2.05, 4.69) is 21.7 Å². The Balaban J connectivity index is 1.48. The van der Waals surface area contributed by atoms with Gasteiger partial charge in [-0.05, 0) is 61.4 Å². The molecule has 1 aliphatic rings. The van der Waals surface area contributed by atoms with Crippen molar-refractivity contribution >= 4 is 23.4 Å². The Hall–Kier alpha value is -3.36. The maximum Gasteiger partial charge on any atom is 0.321 e. The minimum atomic E-state index is -0.0702. The van der Waals surface area contributed by atoms with Crippen molar-refractivity contribution in [3.63, 3.8) is 0 Å². The van der Waals surface area contributed by atoms with Crippen LogP contribution >= 0.6 is 0 Å². The molecule has 1 aliphatic heterocycles. The number of nitrogens with zero attached hydrogens (tertiary/aromatic N) is 2. The third kappa shape index (κ3) is 5.27. The molecule has 8 nitrogen and oxygen atoms in total. The Bertz CT molecular complexity index is 1020. The maximum absolute atomic E-state index is 11.8. The van der Waals surface area contributed by atoms with Crippen molar-refractivity contribution in [2.24, 2.45) is 0 Å². The summed E-state index contributed by atoms with van der Waals surface area (Å²) in [5.74, 6) is 0.643. The molecule has 168 valence electrons. The number of hydrogen-bond acceptors (Lipinski definition) is 6. The molecule has 1 aromatic heterocycles. The van der Waals surface area contributed by atoms with E-state index < -0.39 is 0 Å². The average Bonchev–Trinajstić information content (AvgIpc) is 3.45. The molecule has 2 amide bonds. The lowest BCUT2D eigenvalue weighted by Gasteiger charge is -2.14. The van der Waals surface area contributed by atoms with Gasteiger partial charge in [-0.1, -0.05) is 6.07 Å². The second kappa shape index (κ2) is 10.3. The second-order valence-electron chi connectivity index (χ2n) is 7.40. The lowest BCUT2D eigenvalue weighted by molar-refractivity contribution is 0.130. The predicted molar refractivity (Wildman–Crippen MR) is 123 cm³/mol. The van der Waals surface area contributed by atoms with E-state index in [1.165, 1.54) is 0 Å². The van der Waals surface area contributed by atoms with E-state index in [4.69, 9.17) is 13.9 Å². The molecule has 1 saturated heterocycles. The van der Waals surface area contributed by atoms with Crippen LogP contribution in [-0.2, 0) is 22.7 Å². The first-order chi connectivity index (χ1) is 15.7. The van der Waals surface area contributed by atoms with Crippen LogP contribution in [0.4, 0.5) is 22.2 Å². The van der Waals surface area contributed by atoms with Gasteiger partial charge in [-0.2, -0.15) is 0 Å². The van der Waals surface area contributed by atoms with Crippen molar-refractivity contribution in [3.05, 3.63) is 59.8 Å². The molecule has 3 aromatic rings. The van der Waals surface area contributed by atoms with E-state index in [0.29, 0.717) is 51.3 Å². The zero-order chi connectivity index (χ0) is 22.3. The Morgan fingerprint density at radius 3 is 2.34 bits per heavy atom. The first kappa shape index (κ1) is 21.9. The molecule has 2 aromatic carbocycles. The van der Waals surface area contributed by atoms with Gasteiger partial charge in [0, 0.05) is 43.2 Å². The summed E-state index contributed by atoms with van der Waals surface area (Å²) in [6.45, 7) is 7.66. The normalized spacial score (nSPS) is 13.4. The number of benzene rings is 2. The van der Waals surface area contributed by atoms with Gasteiger partial charge in [0.05, 0.1) is 19.4 Å². The van der Waals surface area contributed by atoms with E-state index in [1.807, 2.05) is 50.2 Å². The Morgan fingerprint density at radius 1 is 1.06 bits per heavy atom. The molecular weight excluding hydrogens is 408 g/mol. The van der Waals surface area contributed by atoms with Gasteiger partial charge in [0.25, 0.3) is 6.01 Å². The maximum atomic E-state index is 11.8. The van der Waals surface area contributed by atoms with Crippen LogP contribution in [0.3, 0.4) is 0 Å². The summed E-state index contributed by atoms with van der Waals surface area (Å²) in [6.07, 6.45) is 1.69. The summed E-state index contributed by atoms with van der Waals surface area (Å²) in [5, 5.41) is 6.05. The van der Waals surface area contributed by atoms with Gasteiger partial charge in [0.2, 0.25) is 0 Å². The van der Waals surface area contributed by atoms with Gasteiger partial charge in [-0.25, -0.2) is 9.78 Å². The van der Waals surface area contributed by atoms with Gasteiger partial charge in [-0.3, -0.25) is 4.90 Å². The van der Waals surface area contributed by atoms with Gasteiger partial charge < -0.3 is 24.5 Å². The second-order valence-corrected chi connectivity index (χ2v) is 7.40. The van der Waals surface area contributed by atoms with Crippen LogP contribution in [0.25, 0.3) is 11.3 Å². The highest BCUT2D eigenvalue weighted by Gasteiger charge is 2.21. The highest BCUT2D eigenvalue weighted by atomic mass is 16.5. The quantitative estimate of drug-likeness (QED) is 0.479. The number of rotatable bonds is 10. The van der Waals surface area contributed by atoms with Crippen molar-refractivity contribution in [1.82, 2.24) is 10.3 Å². The number of hydrogen-bond donors (Lipinski definition) is 2. The van der Waals surface area contributed by atoms with E-state index >= 15 is 0 Å². The van der Waals surface area contributed by atoms with E-state index in [-0.39, 0.29) is 6.03 Å². The predicted octanol–water partition coefficient (Wildman–Crippen LogP) is 4.69. The first-order valence-electron chi connectivity index (χ1n) is 10.8. The molecule has 0 saturated carbocycles. The Kier molecular flexibility index (Phi) is 7.03. The monoisotopic (exact) mass is 436 g/mol. The number of carbonyl (C=O) groups excluding carboxylic acids is 1. The summed E-state index contributed by atoms with van der Waals surface area (Å²) >= 11 is 0. The van der Waals surface area contributed by atoms with Gasteiger partial charge in [0.15, 0.2) is 5.76 Å². The molecule has 0 atom stereocenters. The molecular formula is C24H28N4O4. The fourth-order valence-corrected chi connectivity index (χ4v) is 3.55. The topological polar surface area (TPSA) is 88.9 Å². The summed E-state index contributed by atoms with van der Waals surface area (Å²) < 4.78 is 17.1. The van der Waals surface area contributed by atoms with E-state index in [9.17, 15) is 4.79 Å². The number of oxazole rings is 1. The van der Waals surface area contributed by atoms with Crippen LogP contribution in [0.2, 0.25) is 0 Å². The van der Waals surface area contributed by atoms with Crippen molar-refractivity contribution in [1.29, 1.82) is 0 Å². The lowest BCUT2D eigenvalue weighted by Crippen LogP contribution is -2.27. The Labute approximate surface area is 187 Å². The first-order valence-corrected chi connectivity index (χ1v) is 10.8. The third-order valence-corrected chi connectivity index (χ3v) is 5.08. The minimum absolute atomic E-state index is 0.0702. The summed E-state index contributed by atoms with van der Waals surface area (Å²) in [6, 6.07) is 14.1. The van der Waals surface area contributed by atoms with Crippen LogP contribution in [0, 0.1) is 0 Å². The molecule has 0 spiro atoms. The number of carbonyl (C=O) groups is 1. The molecule has 8 heteroatoms. The smallest absolute Gasteiger partial charge is 0.321 e. The van der Waals surface area contributed by atoms with Crippen molar-refractivity contribution in [3.8, 4) is 11.3 Å². The third-order valence-electron chi connectivity index (χ3n) is 5.08. The largest absolute Gasteiger partial charge is 0.423 e. The molecule has 0 aliphatic carbocycles. The highest BCUT2D eigenvalue weighted by Crippen LogP contribution is 2.28. The van der Waals surface area contributed by atoms with Crippen molar-refractivity contribution in [2.75, 3.05) is 36.5 Å².